The van der Waals surface area contributed by atoms with Gasteiger partial charge in [0.05, 0.1) is 19.3 Å². The standard InChI is InChI=1S/C22H29N5O.HI/c1-5-23-22(24-12-11-18-10-9-16(2)20(13-18)28-4)25-14-19-15-27-17(3)7-6-8-21(27)26-19;/h6-10,13,15H,5,11-12,14H2,1-4H3,(H2,23,24,25);1H. The first-order chi connectivity index (χ1) is 13.6. The van der Waals surface area contributed by atoms with Gasteiger partial charge < -0.3 is 19.8 Å². The van der Waals surface area contributed by atoms with Gasteiger partial charge in [-0.2, -0.15) is 0 Å². The van der Waals surface area contributed by atoms with E-state index in [1.807, 2.05) is 12.1 Å². The number of ether oxygens (including phenoxy) is 1. The average molecular weight is 507 g/mol. The highest BCUT2D eigenvalue weighted by molar-refractivity contribution is 14.0. The summed E-state index contributed by atoms with van der Waals surface area (Å²) in [6, 6.07) is 12.4. The molecule has 0 unspecified atom stereocenters. The summed E-state index contributed by atoms with van der Waals surface area (Å²) in [6.45, 7) is 8.34. The van der Waals surface area contributed by atoms with Crippen LogP contribution in [0.1, 0.15) is 29.4 Å². The molecular formula is C22H30IN5O. The van der Waals surface area contributed by atoms with E-state index in [9.17, 15) is 0 Å². The number of benzene rings is 1. The average Bonchev–Trinajstić information content (AvgIpc) is 3.12. The van der Waals surface area contributed by atoms with Crippen molar-refractivity contribution in [3.63, 3.8) is 0 Å². The number of aryl methyl sites for hydroxylation is 2. The van der Waals surface area contributed by atoms with Gasteiger partial charge in [0.15, 0.2) is 5.96 Å². The van der Waals surface area contributed by atoms with Crippen LogP contribution in [-0.2, 0) is 13.0 Å². The molecule has 3 aromatic rings. The van der Waals surface area contributed by atoms with Crippen molar-refractivity contribution in [2.45, 2.75) is 33.7 Å². The normalized spacial score (nSPS) is 11.2. The quantitative estimate of drug-likeness (QED) is 0.290. The summed E-state index contributed by atoms with van der Waals surface area (Å²) in [4.78, 5) is 9.33. The van der Waals surface area contributed by atoms with Crippen LogP contribution in [0.15, 0.2) is 47.6 Å². The molecule has 2 heterocycles. The summed E-state index contributed by atoms with van der Waals surface area (Å²) in [7, 11) is 1.71. The fourth-order valence-electron chi connectivity index (χ4n) is 3.12. The maximum atomic E-state index is 5.41. The second-order valence-electron chi connectivity index (χ2n) is 6.80. The maximum Gasteiger partial charge on any atom is 0.191 e. The first kappa shape index (κ1) is 23.0. The van der Waals surface area contributed by atoms with Crippen LogP contribution in [0.5, 0.6) is 5.75 Å². The molecule has 2 aromatic heterocycles. The number of hydrogen-bond acceptors (Lipinski definition) is 3. The Kier molecular flexibility index (Phi) is 8.75. The van der Waals surface area contributed by atoms with Gasteiger partial charge in [0.25, 0.3) is 0 Å². The van der Waals surface area contributed by atoms with Gasteiger partial charge in [-0.3, -0.25) is 0 Å². The number of pyridine rings is 1. The third-order valence-corrected chi connectivity index (χ3v) is 4.67. The molecular weight excluding hydrogens is 477 g/mol. The number of fused-ring (bicyclic) bond motifs is 1. The van der Waals surface area contributed by atoms with Gasteiger partial charge in [-0.1, -0.05) is 18.2 Å². The minimum atomic E-state index is 0. The number of nitrogens with one attached hydrogen (secondary N) is 2. The van der Waals surface area contributed by atoms with Crippen LogP contribution in [-0.4, -0.2) is 35.5 Å². The van der Waals surface area contributed by atoms with E-state index in [1.54, 1.807) is 7.11 Å². The SMILES string of the molecule is CCNC(=NCc1cn2c(C)cccc2n1)NCCc1ccc(C)c(OC)c1.I. The molecule has 0 aliphatic heterocycles. The summed E-state index contributed by atoms with van der Waals surface area (Å²) in [6.07, 6.45) is 2.95. The summed E-state index contributed by atoms with van der Waals surface area (Å²) in [5.41, 5.74) is 5.46. The zero-order valence-corrected chi connectivity index (χ0v) is 19.9. The van der Waals surface area contributed by atoms with Crippen LogP contribution in [0.2, 0.25) is 0 Å². The van der Waals surface area contributed by atoms with E-state index >= 15 is 0 Å². The first-order valence-corrected chi connectivity index (χ1v) is 9.70. The van der Waals surface area contributed by atoms with Crippen molar-refractivity contribution in [2.75, 3.05) is 20.2 Å². The van der Waals surface area contributed by atoms with Crippen molar-refractivity contribution in [2.24, 2.45) is 4.99 Å². The Balaban J connectivity index is 0.00000300. The number of methoxy groups -OCH3 is 1. The molecule has 0 saturated heterocycles. The van der Waals surface area contributed by atoms with Crippen molar-refractivity contribution in [3.8, 4) is 5.75 Å². The lowest BCUT2D eigenvalue weighted by Crippen LogP contribution is -2.38. The number of halogens is 1. The van der Waals surface area contributed by atoms with Gasteiger partial charge in [-0.05, 0) is 56.5 Å². The third kappa shape index (κ3) is 6.09. The summed E-state index contributed by atoms with van der Waals surface area (Å²) in [5.74, 6) is 1.73. The van der Waals surface area contributed by atoms with Crippen molar-refractivity contribution < 1.29 is 4.74 Å². The largest absolute Gasteiger partial charge is 0.496 e. The molecule has 29 heavy (non-hydrogen) atoms. The van der Waals surface area contributed by atoms with E-state index in [1.165, 1.54) is 11.3 Å². The van der Waals surface area contributed by atoms with Crippen molar-refractivity contribution in [3.05, 3.63) is 65.1 Å². The predicted molar refractivity (Wildman–Crippen MR) is 130 cm³/mol. The topological polar surface area (TPSA) is 63.0 Å². The zero-order chi connectivity index (χ0) is 19.9. The van der Waals surface area contributed by atoms with Crippen LogP contribution in [0.25, 0.3) is 5.65 Å². The molecule has 0 bridgehead atoms. The lowest BCUT2D eigenvalue weighted by Gasteiger charge is -2.12. The van der Waals surface area contributed by atoms with Gasteiger partial charge in [0.2, 0.25) is 0 Å². The van der Waals surface area contributed by atoms with E-state index < -0.39 is 0 Å². The van der Waals surface area contributed by atoms with E-state index in [2.05, 4.69) is 76.2 Å². The number of nitrogens with zero attached hydrogens (tertiary/aromatic N) is 3. The fourth-order valence-corrected chi connectivity index (χ4v) is 3.12. The molecule has 156 valence electrons. The number of hydrogen-bond donors (Lipinski definition) is 2. The van der Waals surface area contributed by atoms with Crippen molar-refractivity contribution in [1.82, 2.24) is 20.0 Å². The van der Waals surface area contributed by atoms with Crippen LogP contribution in [0.4, 0.5) is 0 Å². The minimum Gasteiger partial charge on any atom is -0.496 e. The molecule has 3 rings (SSSR count). The van der Waals surface area contributed by atoms with Gasteiger partial charge >= 0.3 is 0 Å². The molecule has 2 N–H and O–H groups in total. The second-order valence-corrected chi connectivity index (χ2v) is 6.80. The number of aliphatic imine (C=N–C) groups is 1. The van der Waals surface area contributed by atoms with Crippen LogP contribution in [0.3, 0.4) is 0 Å². The summed E-state index contributed by atoms with van der Waals surface area (Å²) < 4.78 is 7.50. The Morgan fingerprint density at radius 3 is 2.72 bits per heavy atom. The maximum absolute atomic E-state index is 5.41. The van der Waals surface area contributed by atoms with Crippen LogP contribution in [0, 0.1) is 13.8 Å². The minimum absolute atomic E-state index is 0. The predicted octanol–water partition coefficient (Wildman–Crippen LogP) is 3.88. The first-order valence-electron chi connectivity index (χ1n) is 9.70. The molecule has 6 nitrogen and oxygen atoms in total. The lowest BCUT2D eigenvalue weighted by molar-refractivity contribution is 0.411. The molecule has 0 aliphatic carbocycles. The number of guanidine groups is 1. The molecule has 0 fully saturated rings. The van der Waals surface area contributed by atoms with E-state index in [0.717, 1.165) is 48.1 Å². The monoisotopic (exact) mass is 507 g/mol. The molecule has 7 heteroatoms. The Labute approximate surface area is 189 Å². The Bertz CT molecular complexity index is 967. The zero-order valence-electron chi connectivity index (χ0n) is 17.5. The van der Waals surface area contributed by atoms with E-state index in [4.69, 9.17) is 4.74 Å². The highest BCUT2D eigenvalue weighted by Crippen LogP contribution is 2.19. The Morgan fingerprint density at radius 1 is 1.17 bits per heavy atom. The highest BCUT2D eigenvalue weighted by Gasteiger charge is 2.04. The third-order valence-electron chi connectivity index (χ3n) is 4.67. The van der Waals surface area contributed by atoms with Crippen molar-refractivity contribution in [1.29, 1.82) is 0 Å². The molecule has 0 aliphatic rings. The van der Waals surface area contributed by atoms with Crippen LogP contribution < -0.4 is 15.4 Å². The molecule has 1 aromatic carbocycles. The van der Waals surface area contributed by atoms with Gasteiger partial charge in [0, 0.05) is 25.0 Å². The fraction of sp³-hybridized carbons (Fsp3) is 0.364. The van der Waals surface area contributed by atoms with Gasteiger partial charge in [0.1, 0.15) is 11.4 Å². The smallest absolute Gasteiger partial charge is 0.191 e. The highest BCUT2D eigenvalue weighted by atomic mass is 127. The number of imidazole rings is 1. The Hall–Kier alpha value is -2.29. The number of aromatic nitrogens is 2. The summed E-state index contributed by atoms with van der Waals surface area (Å²) >= 11 is 0. The number of rotatable bonds is 7. The van der Waals surface area contributed by atoms with E-state index in [0.29, 0.717) is 6.54 Å². The lowest BCUT2D eigenvalue weighted by atomic mass is 10.1. The molecule has 0 radical (unpaired) electrons. The molecule has 0 spiro atoms. The van der Waals surface area contributed by atoms with Crippen molar-refractivity contribution >= 4 is 35.6 Å². The summed E-state index contributed by atoms with van der Waals surface area (Å²) in [5, 5.41) is 6.70. The van der Waals surface area contributed by atoms with E-state index in [-0.39, 0.29) is 24.0 Å². The van der Waals surface area contributed by atoms with Gasteiger partial charge in [-0.25, -0.2) is 9.98 Å². The molecule has 0 amide bonds. The molecule has 0 atom stereocenters. The molecule has 0 saturated carbocycles. The van der Waals surface area contributed by atoms with Crippen LogP contribution >= 0.6 is 24.0 Å². The Morgan fingerprint density at radius 2 is 2.00 bits per heavy atom. The van der Waals surface area contributed by atoms with Gasteiger partial charge in [-0.15, -0.1) is 24.0 Å². The second kappa shape index (κ2) is 11.0.